The van der Waals surface area contributed by atoms with E-state index < -0.39 is 0 Å². The maximum atomic E-state index is 11.8. The van der Waals surface area contributed by atoms with E-state index in [0.29, 0.717) is 13.0 Å². The number of thiazole rings is 1. The van der Waals surface area contributed by atoms with Crippen molar-refractivity contribution in [3.05, 3.63) is 40.9 Å². The fourth-order valence-corrected chi connectivity index (χ4v) is 2.78. The number of amides is 1. The third-order valence-corrected chi connectivity index (χ3v) is 4.20. The molecule has 0 aliphatic heterocycles. The van der Waals surface area contributed by atoms with E-state index in [-0.39, 0.29) is 24.4 Å². The van der Waals surface area contributed by atoms with Gasteiger partial charge in [-0.1, -0.05) is 31.2 Å². The number of benzene rings is 1. The van der Waals surface area contributed by atoms with E-state index in [9.17, 15) is 4.79 Å². The Kier molecular flexibility index (Phi) is 7.51. The van der Waals surface area contributed by atoms with Gasteiger partial charge in [-0.25, -0.2) is 4.98 Å². The number of rotatable bonds is 6. The molecular weight excluding hydrogens is 318 g/mol. The van der Waals surface area contributed by atoms with Crippen LogP contribution in [0.1, 0.15) is 25.1 Å². The van der Waals surface area contributed by atoms with Crippen LogP contribution >= 0.6 is 23.7 Å². The Bertz CT molecular complexity index is 598. The van der Waals surface area contributed by atoms with Crippen molar-refractivity contribution in [3.63, 3.8) is 0 Å². The topological polar surface area (TPSA) is 68.0 Å². The predicted molar refractivity (Wildman–Crippen MR) is 94.5 cm³/mol. The van der Waals surface area contributed by atoms with Crippen LogP contribution in [0.5, 0.6) is 0 Å². The number of nitrogens with one attached hydrogen (secondary N) is 1. The summed E-state index contributed by atoms with van der Waals surface area (Å²) in [5.74, 6) is -0.0360. The van der Waals surface area contributed by atoms with Crippen LogP contribution in [0.15, 0.2) is 29.6 Å². The van der Waals surface area contributed by atoms with Crippen molar-refractivity contribution in [3.8, 4) is 10.6 Å². The van der Waals surface area contributed by atoms with Gasteiger partial charge in [-0.2, -0.15) is 0 Å². The highest BCUT2D eigenvalue weighted by Gasteiger charge is 2.10. The molecule has 0 bridgehead atoms. The normalized spacial score (nSPS) is 11.6. The lowest BCUT2D eigenvalue weighted by Crippen LogP contribution is -2.38. The Labute approximate surface area is 141 Å². The number of nitrogens with two attached hydrogens (primary N) is 1. The summed E-state index contributed by atoms with van der Waals surface area (Å²) in [7, 11) is 0. The SMILES string of the molecule is CCc1ccc(-c2nc(CC(=O)N[C@@H](C)CN)cs2)cc1.Cl. The van der Waals surface area contributed by atoms with E-state index in [1.165, 1.54) is 5.56 Å². The van der Waals surface area contributed by atoms with Crippen molar-refractivity contribution in [1.29, 1.82) is 0 Å². The molecule has 1 heterocycles. The predicted octanol–water partition coefficient (Wildman–Crippen LogP) is 2.80. The van der Waals surface area contributed by atoms with Gasteiger partial charge in [0, 0.05) is 23.5 Å². The van der Waals surface area contributed by atoms with E-state index in [0.717, 1.165) is 22.7 Å². The van der Waals surface area contributed by atoms with Gasteiger partial charge in [0.25, 0.3) is 0 Å². The summed E-state index contributed by atoms with van der Waals surface area (Å²) < 4.78 is 0. The summed E-state index contributed by atoms with van der Waals surface area (Å²) in [5.41, 5.74) is 8.70. The molecule has 0 fully saturated rings. The van der Waals surface area contributed by atoms with Gasteiger partial charge in [0.15, 0.2) is 0 Å². The molecule has 0 radical (unpaired) electrons. The van der Waals surface area contributed by atoms with Crippen LogP contribution in [-0.2, 0) is 17.6 Å². The standard InChI is InChI=1S/C16H21N3OS.ClH/c1-3-12-4-6-13(7-5-12)16-19-14(10-21-16)8-15(20)18-11(2)9-17;/h4-7,10-11H,3,8-9,17H2,1-2H3,(H,18,20);1H/t11-;/m0./s1. The second-order valence-corrected chi connectivity index (χ2v) is 5.93. The third-order valence-electron chi connectivity index (χ3n) is 3.26. The zero-order chi connectivity index (χ0) is 15.2. The summed E-state index contributed by atoms with van der Waals surface area (Å²) in [6.45, 7) is 4.47. The van der Waals surface area contributed by atoms with Crippen molar-refractivity contribution < 1.29 is 4.79 Å². The van der Waals surface area contributed by atoms with Crippen LogP contribution in [0.4, 0.5) is 0 Å². The Morgan fingerprint density at radius 3 is 2.64 bits per heavy atom. The van der Waals surface area contributed by atoms with Crippen LogP contribution in [0, 0.1) is 0 Å². The summed E-state index contributed by atoms with van der Waals surface area (Å²) in [5, 5.41) is 5.73. The van der Waals surface area contributed by atoms with E-state index in [4.69, 9.17) is 5.73 Å². The van der Waals surface area contributed by atoms with Gasteiger partial charge in [0.05, 0.1) is 12.1 Å². The Hall–Kier alpha value is -1.43. The van der Waals surface area contributed by atoms with Gasteiger partial charge in [0.1, 0.15) is 5.01 Å². The number of nitrogens with zero attached hydrogens (tertiary/aromatic N) is 1. The average molecular weight is 340 g/mol. The van der Waals surface area contributed by atoms with Gasteiger partial charge in [-0.3, -0.25) is 4.79 Å². The van der Waals surface area contributed by atoms with Crippen molar-refractivity contribution in [2.75, 3.05) is 6.54 Å². The Morgan fingerprint density at radius 2 is 2.05 bits per heavy atom. The van der Waals surface area contributed by atoms with Crippen LogP contribution < -0.4 is 11.1 Å². The van der Waals surface area contributed by atoms with Crippen LogP contribution in [-0.4, -0.2) is 23.5 Å². The smallest absolute Gasteiger partial charge is 0.226 e. The number of hydrogen-bond acceptors (Lipinski definition) is 4. The fraction of sp³-hybridized carbons (Fsp3) is 0.375. The molecule has 6 heteroatoms. The molecule has 0 saturated carbocycles. The largest absolute Gasteiger partial charge is 0.352 e. The molecule has 1 aromatic heterocycles. The molecule has 0 unspecified atom stereocenters. The van der Waals surface area contributed by atoms with Crippen molar-refractivity contribution >= 4 is 29.7 Å². The maximum absolute atomic E-state index is 11.8. The first-order valence-electron chi connectivity index (χ1n) is 7.15. The molecule has 1 amide bonds. The zero-order valence-electron chi connectivity index (χ0n) is 12.8. The number of hydrogen-bond donors (Lipinski definition) is 2. The lowest BCUT2D eigenvalue weighted by atomic mass is 10.1. The number of aryl methyl sites for hydroxylation is 1. The van der Waals surface area contributed by atoms with Crippen molar-refractivity contribution in [2.45, 2.75) is 32.7 Å². The third kappa shape index (κ3) is 5.09. The summed E-state index contributed by atoms with van der Waals surface area (Å²) in [6.07, 6.45) is 1.33. The van der Waals surface area contributed by atoms with E-state index in [1.54, 1.807) is 11.3 Å². The first-order chi connectivity index (χ1) is 10.1. The molecule has 22 heavy (non-hydrogen) atoms. The minimum absolute atomic E-state index is 0. The molecule has 1 aromatic carbocycles. The van der Waals surface area contributed by atoms with Gasteiger partial charge in [0.2, 0.25) is 5.91 Å². The first kappa shape index (κ1) is 18.6. The summed E-state index contributed by atoms with van der Waals surface area (Å²) in [6, 6.07) is 8.39. The number of halogens is 1. The van der Waals surface area contributed by atoms with Gasteiger partial charge >= 0.3 is 0 Å². The van der Waals surface area contributed by atoms with Crippen molar-refractivity contribution in [2.24, 2.45) is 5.73 Å². The fourth-order valence-electron chi connectivity index (χ4n) is 1.95. The summed E-state index contributed by atoms with van der Waals surface area (Å²) in [4.78, 5) is 16.3. The van der Waals surface area contributed by atoms with Gasteiger partial charge in [-0.05, 0) is 18.9 Å². The zero-order valence-corrected chi connectivity index (χ0v) is 14.5. The van der Waals surface area contributed by atoms with Crippen LogP contribution in [0.2, 0.25) is 0 Å². The minimum Gasteiger partial charge on any atom is -0.352 e. The van der Waals surface area contributed by atoms with E-state index >= 15 is 0 Å². The number of carbonyl (C=O) groups is 1. The molecule has 1 atom stereocenters. The molecular formula is C16H22ClN3OS. The molecule has 0 saturated heterocycles. The van der Waals surface area contributed by atoms with E-state index in [2.05, 4.69) is 41.5 Å². The first-order valence-corrected chi connectivity index (χ1v) is 8.03. The molecule has 4 nitrogen and oxygen atoms in total. The highest BCUT2D eigenvalue weighted by Crippen LogP contribution is 2.24. The molecule has 0 spiro atoms. The second-order valence-electron chi connectivity index (χ2n) is 5.08. The minimum atomic E-state index is -0.0360. The lowest BCUT2D eigenvalue weighted by molar-refractivity contribution is -0.121. The molecule has 2 aromatic rings. The second kappa shape index (κ2) is 8.88. The Balaban J connectivity index is 0.00000242. The molecule has 120 valence electrons. The molecule has 0 aliphatic carbocycles. The monoisotopic (exact) mass is 339 g/mol. The molecule has 2 rings (SSSR count). The maximum Gasteiger partial charge on any atom is 0.226 e. The molecule has 0 aliphatic rings. The Morgan fingerprint density at radius 1 is 1.36 bits per heavy atom. The van der Waals surface area contributed by atoms with Crippen LogP contribution in [0.3, 0.4) is 0 Å². The van der Waals surface area contributed by atoms with Gasteiger partial charge in [-0.15, -0.1) is 23.7 Å². The number of carbonyl (C=O) groups excluding carboxylic acids is 1. The van der Waals surface area contributed by atoms with Crippen molar-refractivity contribution in [1.82, 2.24) is 10.3 Å². The highest BCUT2D eigenvalue weighted by molar-refractivity contribution is 7.13. The molecule has 3 N–H and O–H groups in total. The highest BCUT2D eigenvalue weighted by atomic mass is 35.5. The van der Waals surface area contributed by atoms with Gasteiger partial charge < -0.3 is 11.1 Å². The average Bonchev–Trinajstić information content (AvgIpc) is 2.95. The van der Waals surface area contributed by atoms with E-state index in [1.807, 2.05) is 12.3 Å². The lowest BCUT2D eigenvalue weighted by Gasteiger charge is -2.09. The van der Waals surface area contributed by atoms with Crippen LogP contribution in [0.25, 0.3) is 10.6 Å². The number of aromatic nitrogens is 1. The summed E-state index contributed by atoms with van der Waals surface area (Å²) >= 11 is 1.57. The quantitative estimate of drug-likeness (QED) is 0.850.